The normalized spacial score (nSPS) is 10.7. The van der Waals surface area contributed by atoms with Crippen molar-refractivity contribution in [3.63, 3.8) is 0 Å². The zero-order valence-electron chi connectivity index (χ0n) is 9.12. The number of thiazole rings is 1. The fourth-order valence-corrected chi connectivity index (χ4v) is 2.50. The minimum atomic E-state index is 0.754. The molecule has 0 radical (unpaired) electrons. The van der Waals surface area contributed by atoms with E-state index in [-0.39, 0.29) is 0 Å². The first-order valence-corrected chi connectivity index (χ1v) is 7.39. The molecule has 0 fully saturated rings. The Morgan fingerprint density at radius 2 is 2.29 bits per heavy atom. The summed E-state index contributed by atoms with van der Waals surface area (Å²) in [7, 11) is 0. The average molecular weight is 332 g/mol. The maximum absolute atomic E-state index is 6.02. The molecule has 0 spiro atoms. The van der Waals surface area contributed by atoms with E-state index < -0.39 is 0 Å². The van der Waals surface area contributed by atoms with E-state index in [4.69, 9.17) is 11.6 Å². The average Bonchev–Trinajstić information content (AvgIpc) is 2.82. The van der Waals surface area contributed by atoms with E-state index >= 15 is 0 Å². The lowest BCUT2D eigenvalue weighted by atomic mass is 10.2. The SMILES string of the molecule is Clc1cc(CNCCc2cscn2)ccc1Br. The second-order valence-electron chi connectivity index (χ2n) is 3.66. The van der Waals surface area contributed by atoms with E-state index in [0.717, 1.165) is 34.7 Å². The van der Waals surface area contributed by atoms with Crippen molar-refractivity contribution in [2.75, 3.05) is 6.54 Å². The molecule has 1 aromatic heterocycles. The van der Waals surface area contributed by atoms with Gasteiger partial charge in [0.05, 0.1) is 16.2 Å². The van der Waals surface area contributed by atoms with Crippen LogP contribution in [0.2, 0.25) is 5.02 Å². The monoisotopic (exact) mass is 330 g/mol. The molecule has 0 atom stereocenters. The van der Waals surface area contributed by atoms with E-state index in [9.17, 15) is 0 Å². The molecule has 0 aliphatic carbocycles. The molecule has 0 unspecified atom stereocenters. The summed E-state index contributed by atoms with van der Waals surface area (Å²) in [5.74, 6) is 0. The van der Waals surface area contributed by atoms with Gasteiger partial charge in [0, 0.05) is 29.4 Å². The van der Waals surface area contributed by atoms with Gasteiger partial charge in [-0.1, -0.05) is 17.7 Å². The van der Waals surface area contributed by atoms with Crippen molar-refractivity contribution < 1.29 is 0 Å². The zero-order valence-corrected chi connectivity index (χ0v) is 12.3. The van der Waals surface area contributed by atoms with Gasteiger partial charge in [0.1, 0.15) is 0 Å². The van der Waals surface area contributed by atoms with Crippen molar-refractivity contribution in [2.45, 2.75) is 13.0 Å². The van der Waals surface area contributed by atoms with Gasteiger partial charge in [0.25, 0.3) is 0 Å². The fourth-order valence-electron chi connectivity index (χ4n) is 1.46. The number of aromatic nitrogens is 1. The zero-order chi connectivity index (χ0) is 12.1. The van der Waals surface area contributed by atoms with E-state index in [1.165, 1.54) is 5.56 Å². The van der Waals surface area contributed by atoms with Crippen LogP contribution in [0.4, 0.5) is 0 Å². The lowest BCUT2D eigenvalue weighted by Crippen LogP contribution is -2.16. The number of hydrogen-bond donors (Lipinski definition) is 1. The Kier molecular flexibility index (Phi) is 4.98. The summed E-state index contributed by atoms with van der Waals surface area (Å²) < 4.78 is 0.936. The van der Waals surface area contributed by atoms with Gasteiger partial charge in [-0.3, -0.25) is 0 Å². The van der Waals surface area contributed by atoms with Crippen molar-refractivity contribution in [1.29, 1.82) is 0 Å². The number of hydrogen-bond acceptors (Lipinski definition) is 3. The molecule has 0 saturated carbocycles. The maximum Gasteiger partial charge on any atom is 0.0794 e. The summed E-state index contributed by atoms with van der Waals surface area (Å²) in [6.07, 6.45) is 0.966. The number of rotatable bonds is 5. The fraction of sp³-hybridized carbons (Fsp3) is 0.250. The van der Waals surface area contributed by atoms with Crippen LogP contribution in [0.1, 0.15) is 11.3 Å². The molecular formula is C12H12BrClN2S. The predicted octanol–water partition coefficient (Wildman–Crippen LogP) is 3.89. The molecular weight excluding hydrogens is 320 g/mol. The number of nitrogens with zero attached hydrogens (tertiary/aromatic N) is 1. The van der Waals surface area contributed by atoms with Crippen LogP contribution >= 0.6 is 38.9 Å². The van der Waals surface area contributed by atoms with Crippen molar-refractivity contribution in [1.82, 2.24) is 10.3 Å². The summed E-state index contributed by atoms with van der Waals surface area (Å²) in [5.41, 5.74) is 4.21. The highest BCUT2D eigenvalue weighted by atomic mass is 79.9. The van der Waals surface area contributed by atoms with E-state index in [1.54, 1.807) is 11.3 Å². The third-order valence-electron chi connectivity index (χ3n) is 2.35. The van der Waals surface area contributed by atoms with Crippen molar-refractivity contribution >= 4 is 38.9 Å². The van der Waals surface area contributed by atoms with E-state index in [2.05, 4.69) is 37.7 Å². The molecule has 17 heavy (non-hydrogen) atoms. The Bertz CT molecular complexity index is 473. The summed E-state index contributed by atoms with van der Waals surface area (Å²) in [6, 6.07) is 6.01. The summed E-state index contributed by atoms with van der Waals surface area (Å²) >= 11 is 11.0. The first-order valence-electron chi connectivity index (χ1n) is 5.27. The quantitative estimate of drug-likeness (QED) is 0.841. The van der Waals surface area contributed by atoms with Crippen LogP contribution in [0.5, 0.6) is 0 Å². The topological polar surface area (TPSA) is 24.9 Å². The molecule has 0 amide bonds. The second-order valence-corrected chi connectivity index (χ2v) is 5.64. The number of benzene rings is 1. The third kappa shape index (κ3) is 4.07. The highest BCUT2D eigenvalue weighted by molar-refractivity contribution is 9.10. The van der Waals surface area contributed by atoms with Crippen LogP contribution in [0.3, 0.4) is 0 Å². The highest BCUT2D eigenvalue weighted by Gasteiger charge is 1.99. The third-order valence-corrected chi connectivity index (χ3v) is 4.22. The largest absolute Gasteiger partial charge is 0.312 e. The molecule has 2 nitrogen and oxygen atoms in total. The van der Waals surface area contributed by atoms with Gasteiger partial charge >= 0.3 is 0 Å². The smallest absolute Gasteiger partial charge is 0.0794 e. The first kappa shape index (κ1) is 13.0. The van der Waals surface area contributed by atoms with Crippen LogP contribution in [0.25, 0.3) is 0 Å². The van der Waals surface area contributed by atoms with Gasteiger partial charge in [-0.05, 0) is 33.6 Å². The Morgan fingerprint density at radius 1 is 1.41 bits per heavy atom. The molecule has 90 valence electrons. The molecule has 2 aromatic rings. The Hall–Kier alpha value is -0.420. The minimum absolute atomic E-state index is 0.754. The Balaban J connectivity index is 1.76. The van der Waals surface area contributed by atoms with Crippen LogP contribution in [0, 0.1) is 0 Å². The van der Waals surface area contributed by atoms with Gasteiger partial charge in [-0.2, -0.15) is 0 Å². The first-order chi connectivity index (χ1) is 8.25. The van der Waals surface area contributed by atoms with Gasteiger partial charge in [-0.15, -0.1) is 11.3 Å². The van der Waals surface area contributed by atoms with Gasteiger partial charge < -0.3 is 5.32 Å². The molecule has 1 heterocycles. The lowest BCUT2D eigenvalue weighted by Gasteiger charge is -2.05. The predicted molar refractivity (Wildman–Crippen MR) is 76.7 cm³/mol. The molecule has 0 aliphatic rings. The van der Waals surface area contributed by atoms with Crippen LogP contribution in [0.15, 0.2) is 33.6 Å². The minimum Gasteiger partial charge on any atom is -0.312 e. The van der Waals surface area contributed by atoms with Crippen LogP contribution < -0.4 is 5.32 Å². The standard InChI is InChI=1S/C12H12BrClN2S/c13-11-2-1-9(5-12(11)14)6-15-4-3-10-7-17-8-16-10/h1-2,5,7-8,15H,3-4,6H2. The Morgan fingerprint density at radius 3 is 3.00 bits per heavy atom. The van der Waals surface area contributed by atoms with E-state index in [0.29, 0.717) is 0 Å². The van der Waals surface area contributed by atoms with Gasteiger partial charge in [0.15, 0.2) is 0 Å². The molecule has 2 rings (SSSR count). The molecule has 5 heteroatoms. The van der Waals surface area contributed by atoms with Gasteiger partial charge in [0.2, 0.25) is 0 Å². The van der Waals surface area contributed by atoms with Crippen LogP contribution in [-0.2, 0) is 13.0 Å². The lowest BCUT2D eigenvalue weighted by molar-refractivity contribution is 0.681. The summed E-state index contributed by atoms with van der Waals surface area (Å²) in [5, 5.41) is 6.21. The van der Waals surface area contributed by atoms with E-state index in [1.807, 2.05) is 17.6 Å². The molecule has 0 bridgehead atoms. The van der Waals surface area contributed by atoms with Crippen molar-refractivity contribution in [2.24, 2.45) is 0 Å². The number of halogens is 2. The Labute approximate surface area is 118 Å². The van der Waals surface area contributed by atoms with Gasteiger partial charge in [-0.25, -0.2) is 4.98 Å². The second kappa shape index (κ2) is 6.50. The molecule has 0 saturated heterocycles. The van der Waals surface area contributed by atoms with Crippen molar-refractivity contribution in [3.05, 3.63) is 49.8 Å². The van der Waals surface area contributed by atoms with Crippen LogP contribution in [-0.4, -0.2) is 11.5 Å². The summed E-state index contributed by atoms with van der Waals surface area (Å²) in [6.45, 7) is 1.76. The molecule has 1 aromatic carbocycles. The molecule has 1 N–H and O–H groups in total. The van der Waals surface area contributed by atoms with Crippen molar-refractivity contribution in [3.8, 4) is 0 Å². The highest BCUT2D eigenvalue weighted by Crippen LogP contribution is 2.22. The summed E-state index contributed by atoms with van der Waals surface area (Å²) in [4.78, 5) is 4.24. The maximum atomic E-state index is 6.02. The molecule has 0 aliphatic heterocycles. The number of nitrogens with one attached hydrogen (secondary N) is 1.